The van der Waals surface area contributed by atoms with Crippen molar-refractivity contribution in [2.75, 3.05) is 5.32 Å². The van der Waals surface area contributed by atoms with Gasteiger partial charge in [-0.25, -0.2) is 0 Å². The number of anilines is 1. The first-order chi connectivity index (χ1) is 9.95. The molecule has 0 radical (unpaired) electrons. The second-order valence-electron chi connectivity index (χ2n) is 5.13. The van der Waals surface area contributed by atoms with Crippen molar-refractivity contribution in [3.63, 3.8) is 0 Å². The van der Waals surface area contributed by atoms with Crippen molar-refractivity contribution >= 4 is 35.6 Å². The van der Waals surface area contributed by atoms with Crippen LogP contribution in [0.4, 0.5) is 14.5 Å². The van der Waals surface area contributed by atoms with Crippen molar-refractivity contribution in [1.29, 1.82) is 0 Å². The van der Waals surface area contributed by atoms with Gasteiger partial charge in [0.1, 0.15) is 5.75 Å². The van der Waals surface area contributed by atoms with E-state index in [1.165, 1.54) is 18.2 Å². The summed E-state index contributed by atoms with van der Waals surface area (Å²) < 4.78 is 28.5. The number of benzene rings is 1. The Morgan fingerprint density at radius 3 is 2.73 bits per heavy atom. The van der Waals surface area contributed by atoms with Gasteiger partial charge in [0, 0.05) is 18.2 Å². The van der Waals surface area contributed by atoms with Crippen LogP contribution in [0, 0.1) is 5.92 Å². The fourth-order valence-electron chi connectivity index (χ4n) is 2.54. The van der Waals surface area contributed by atoms with Crippen molar-refractivity contribution in [3.8, 4) is 5.75 Å². The van der Waals surface area contributed by atoms with Crippen molar-refractivity contribution in [2.24, 2.45) is 11.7 Å². The molecule has 8 heteroatoms. The molecule has 0 aromatic heterocycles. The largest absolute Gasteiger partial charge is 0.433 e. The van der Waals surface area contributed by atoms with Gasteiger partial charge in [-0.05, 0) is 37.0 Å². The Bertz CT molecular complexity index is 518. The molecule has 0 heterocycles. The topological polar surface area (TPSA) is 64.4 Å². The third-order valence-corrected chi connectivity index (χ3v) is 3.89. The lowest BCUT2D eigenvalue weighted by Crippen LogP contribution is -2.28. The highest BCUT2D eigenvalue weighted by Gasteiger charge is 2.26. The SMILES string of the molecule is Cl.N[C@@H]1CCC[C@H]1CC(=O)Nc1ccc(OC(F)F)c(Cl)c1. The average molecular weight is 355 g/mol. The van der Waals surface area contributed by atoms with Gasteiger partial charge in [-0.15, -0.1) is 12.4 Å². The summed E-state index contributed by atoms with van der Waals surface area (Å²) in [5, 5.41) is 2.71. The maximum Gasteiger partial charge on any atom is 0.387 e. The predicted molar refractivity (Wildman–Crippen MR) is 83.9 cm³/mol. The van der Waals surface area contributed by atoms with Crippen LogP contribution in [-0.2, 0) is 4.79 Å². The Balaban J connectivity index is 0.00000242. The Morgan fingerprint density at radius 1 is 1.45 bits per heavy atom. The highest BCUT2D eigenvalue weighted by molar-refractivity contribution is 6.32. The lowest BCUT2D eigenvalue weighted by molar-refractivity contribution is -0.117. The third kappa shape index (κ3) is 5.26. The minimum atomic E-state index is -2.94. The quantitative estimate of drug-likeness (QED) is 0.844. The molecule has 4 nitrogen and oxygen atoms in total. The molecule has 0 spiro atoms. The molecule has 1 aromatic carbocycles. The van der Waals surface area contributed by atoms with Crippen molar-refractivity contribution < 1.29 is 18.3 Å². The number of nitrogens with two attached hydrogens (primary N) is 1. The summed E-state index contributed by atoms with van der Waals surface area (Å²) in [6.07, 6.45) is 3.30. The first kappa shape index (κ1) is 18.9. The highest BCUT2D eigenvalue weighted by Crippen LogP contribution is 2.30. The number of hydrogen-bond acceptors (Lipinski definition) is 3. The number of nitrogens with one attached hydrogen (secondary N) is 1. The number of alkyl halides is 2. The number of amides is 1. The summed E-state index contributed by atoms with van der Waals surface area (Å²) in [6, 6.07) is 4.22. The summed E-state index contributed by atoms with van der Waals surface area (Å²) in [5.74, 6) is -0.0830. The number of carbonyl (C=O) groups is 1. The summed E-state index contributed by atoms with van der Waals surface area (Å²) >= 11 is 5.82. The second kappa shape index (κ2) is 8.50. The van der Waals surface area contributed by atoms with Crippen LogP contribution >= 0.6 is 24.0 Å². The third-order valence-electron chi connectivity index (χ3n) is 3.60. The number of carbonyl (C=O) groups excluding carboxylic acids is 1. The zero-order valence-electron chi connectivity index (χ0n) is 11.7. The zero-order valence-corrected chi connectivity index (χ0v) is 13.3. The number of halogens is 4. The molecule has 2 rings (SSSR count). The molecule has 2 atom stereocenters. The molecule has 124 valence electrons. The predicted octanol–water partition coefficient (Wildman–Crippen LogP) is 3.82. The van der Waals surface area contributed by atoms with Gasteiger partial charge < -0.3 is 15.8 Å². The fraction of sp³-hybridized carbons (Fsp3) is 0.500. The van der Waals surface area contributed by atoms with E-state index in [4.69, 9.17) is 17.3 Å². The first-order valence-electron chi connectivity index (χ1n) is 6.75. The average Bonchev–Trinajstić information content (AvgIpc) is 2.78. The molecule has 0 aliphatic heterocycles. The molecule has 3 N–H and O–H groups in total. The molecule has 0 bridgehead atoms. The minimum absolute atomic E-state index is 0. The molecule has 1 aliphatic carbocycles. The van der Waals surface area contributed by atoms with Crippen LogP contribution in [0.2, 0.25) is 5.02 Å². The van der Waals surface area contributed by atoms with Crippen LogP contribution in [0.3, 0.4) is 0 Å². The van der Waals surface area contributed by atoms with E-state index in [2.05, 4.69) is 10.1 Å². The lowest BCUT2D eigenvalue weighted by Gasteiger charge is -2.15. The van der Waals surface area contributed by atoms with Gasteiger partial charge in [-0.2, -0.15) is 8.78 Å². The van der Waals surface area contributed by atoms with Gasteiger partial charge in [0.2, 0.25) is 5.91 Å². The normalized spacial score (nSPS) is 20.6. The molecule has 0 unspecified atom stereocenters. The smallest absolute Gasteiger partial charge is 0.387 e. The van der Waals surface area contributed by atoms with Gasteiger partial charge >= 0.3 is 6.61 Å². The van der Waals surface area contributed by atoms with Crippen LogP contribution in [0.15, 0.2) is 18.2 Å². The molecular formula is C14H18Cl2F2N2O2. The molecule has 0 saturated heterocycles. The van der Waals surface area contributed by atoms with E-state index in [0.29, 0.717) is 12.1 Å². The van der Waals surface area contributed by atoms with E-state index in [1.807, 2.05) is 0 Å². The maximum atomic E-state index is 12.1. The summed E-state index contributed by atoms with van der Waals surface area (Å²) in [6.45, 7) is -2.94. The Labute approximate surface area is 138 Å². The molecule has 1 aliphatic rings. The molecule has 22 heavy (non-hydrogen) atoms. The van der Waals surface area contributed by atoms with E-state index < -0.39 is 6.61 Å². The van der Waals surface area contributed by atoms with E-state index in [-0.39, 0.29) is 41.0 Å². The standard InChI is InChI=1S/C14H17ClF2N2O2.ClH/c15-10-7-9(4-5-12(10)21-14(16)17)19-13(20)6-8-2-1-3-11(8)18;/h4-5,7-8,11,14H,1-3,6,18H2,(H,19,20);1H/t8-,11+;/m0./s1. The van der Waals surface area contributed by atoms with Crippen LogP contribution in [0.5, 0.6) is 5.75 Å². The van der Waals surface area contributed by atoms with Crippen molar-refractivity contribution in [3.05, 3.63) is 23.2 Å². The van der Waals surface area contributed by atoms with Gasteiger partial charge in [0.15, 0.2) is 0 Å². The van der Waals surface area contributed by atoms with Crippen LogP contribution in [-0.4, -0.2) is 18.6 Å². The number of ether oxygens (including phenoxy) is 1. The maximum absolute atomic E-state index is 12.1. The minimum Gasteiger partial charge on any atom is -0.433 e. The molecule has 1 amide bonds. The molecule has 1 aromatic rings. The van der Waals surface area contributed by atoms with E-state index in [9.17, 15) is 13.6 Å². The first-order valence-corrected chi connectivity index (χ1v) is 7.13. The summed E-state index contributed by atoms with van der Waals surface area (Å²) in [7, 11) is 0. The van der Waals surface area contributed by atoms with Gasteiger partial charge in [-0.1, -0.05) is 18.0 Å². The fourth-order valence-corrected chi connectivity index (χ4v) is 2.76. The van der Waals surface area contributed by atoms with Crippen LogP contribution in [0.1, 0.15) is 25.7 Å². The number of rotatable bonds is 5. The zero-order chi connectivity index (χ0) is 15.4. The highest BCUT2D eigenvalue weighted by atomic mass is 35.5. The number of hydrogen-bond donors (Lipinski definition) is 2. The Kier molecular flexibility index (Phi) is 7.32. The summed E-state index contributed by atoms with van der Waals surface area (Å²) in [4.78, 5) is 11.9. The summed E-state index contributed by atoms with van der Waals surface area (Å²) in [5.41, 5.74) is 6.37. The van der Waals surface area contributed by atoms with Gasteiger partial charge in [-0.3, -0.25) is 4.79 Å². The molecule has 1 fully saturated rings. The Morgan fingerprint density at radius 2 is 2.18 bits per heavy atom. The van der Waals surface area contributed by atoms with Crippen molar-refractivity contribution in [2.45, 2.75) is 38.3 Å². The molecular weight excluding hydrogens is 337 g/mol. The Hall–Kier alpha value is -1.11. The van der Waals surface area contributed by atoms with E-state index >= 15 is 0 Å². The van der Waals surface area contributed by atoms with Crippen LogP contribution in [0.25, 0.3) is 0 Å². The second-order valence-corrected chi connectivity index (χ2v) is 5.54. The van der Waals surface area contributed by atoms with E-state index in [0.717, 1.165) is 19.3 Å². The van der Waals surface area contributed by atoms with Crippen LogP contribution < -0.4 is 15.8 Å². The monoisotopic (exact) mass is 354 g/mol. The van der Waals surface area contributed by atoms with Gasteiger partial charge in [0.25, 0.3) is 0 Å². The van der Waals surface area contributed by atoms with E-state index in [1.54, 1.807) is 0 Å². The lowest BCUT2D eigenvalue weighted by atomic mass is 10.00. The van der Waals surface area contributed by atoms with Crippen molar-refractivity contribution in [1.82, 2.24) is 0 Å². The molecule has 1 saturated carbocycles. The van der Waals surface area contributed by atoms with Gasteiger partial charge in [0.05, 0.1) is 5.02 Å².